The minimum absolute atomic E-state index is 0.0171. The first kappa shape index (κ1) is 26.4. The molecule has 5 heteroatoms. The summed E-state index contributed by atoms with van der Waals surface area (Å²) < 4.78 is 9.72. The zero-order chi connectivity index (χ0) is 21.4. The largest absolute Gasteiger partial charge is 0.469 e. The predicted molar refractivity (Wildman–Crippen MR) is 113 cm³/mol. The summed E-state index contributed by atoms with van der Waals surface area (Å²) in [7, 11) is 1.47. The van der Waals surface area contributed by atoms with Gasteiger partial charge in [-0.3, -0.25) is 9.59 Å². The Morgan fingerprint density at radius 1 is 0.929 bits per heavy atom. The van der Waals surface area contributed by atoms with E-state index < -0.39 is 0 Å². The number of hydrogen-bond acceptors (Lipinski definition) is 5. The second-order valence-electron chi connectivity index (χ2n) is 7.85. The van der Waals surface area contributed by atoms with Crippen molar-refractivity contribution in [1.29, 1.82) is 0 Å². The van der Waals surface area contributed by atoms with Crippen molar-refractivity contribution in [1.82, 2.24) is 0 Å². The average Bonchev–Trinajstić information content (AvgIpc) is 2.72. The van der Waals surface area contributed by atoms with Crippen molar-refractivity contribution < 1.29 is 24.2 Å². The smallest absolute Gasteiger partial charge is 0.309 e. The molecule has 4 atom stereocenters. The van der Waals surface area contributed by atoms with Crippen LogP contribution in [0.2, 0.25) is 0 Å². The maximum absolute atomic E-state index is 11.4. The number of methoxy groups -OCH3 is 1. The molecule has 2 aliphatic rings. The lowest BCUT2D eigenvalue weighted by Gasteiger charge is -2.24. The van der Waals surface area contributed by atoms with Crippen molar-refractivity contribution in [2.24, 2.45) is 23.7 Å². The maximum atomic E-state index is 11.4. The summed E-state index contributed by atoms with van der Waals surface area (Å²) in [6.07, 6.45) is 12.0. The van der Waals surface area contributed by atoms with E-state index in [9.17, 15) is 9.59 Å². The summed E-state index contributed by atoms with van der Waals surface area (Å²) in [6.45, 7) is 11.6. The summed E-state index contributed by atoms with van der Waals surface area (Å²) in [5.41, 5.74) is 0. The second-order valence-corrected chi connectivity index (χ2v) is 7.85. The molecule has 0 aliphatic heterocycles. The molecule has 0 bridgehead atoms. The Morgan fingerprint density at radius 3 is 1.75 bits per heavy atom. The van der Waals surface area contributed by atoms with E-state index in [1.807, 2.05) is 0 Å². The number of aliphatic hydroxyl groups is 1. The molecule has 2 saturated carbocycles. The molecule has 0 heterocycles. The SMILES string of the molecule is C=CCO.C=CCOC(=O)C1CCCC(C)C1.COC(=O)C1CCCC(C)C1. The average molecular weight is 397 g/mol. The molecule has 2 rings (SSSR count). The highest BCUT2D eigenvalue weighted by molar-refractivity contribution is 5.72. The van der Waals surface area contributed by atoms with Crippen molar-refractivity contribution in [2.75, 3.05) is 20.3 Å². The van der Waals surface area contributed by atoms with Crippen LogP contribution >= 0.6 is 0 Å². The van der Waals surface area contributed by atoms with Gasteiger partial charge in [-0.05, 0) is 37.5 Å². The molecule has 1 N–H and O–H groups in total. The van der Waals surface area contributed by atoms with Crippen LogP contribution in [0.1, 0.15) is 65.2 Å². The predicted octanol–water partition coefficient (Wildman–Crippen LogP) is 4.69. The van der Waals surface area contributed by atoms with Crippen LogP contribution in [0.5, 0.6) is 0 Å². The summed E-state index contributed by atoms with van der Waals surface area (Å²) in [4.78, 5) is 22.5. The van der Waals surface area contributed by atoms with Gasteiger partial charge in [0.05, 0.1) is 25.6 Å². The summed E-state index contributed by atoms with van der Waals surface area (Å²) >= 11 is 0. The van der Waals surface area contributed by atoms with Crippen LogP contribution in [0.3, 0.4) is 0 Å². The van der Waals surface area contributed by atoms with E-state index in [2.05, 4.69) is 27.0 Å². The molecule has 0 aromatic carbocycles. The third-order valence-electron chi connectivity index (χ3n) is 5.21. The normalized spacial score (nSPS) is 26.3. The fourth-order valence-corrected chi connectivity index (χ4v) is 3.72. The number of rotatable bonds is 5. The topological polar surface area (TPSA) is 72.8 Å². The van der Waals surface area contributed by atoms with Gasteiger partial charge >= 0.3 is 11.9 Å². The van der Waals surface area contributed by atoms with E-state index in [0.29, 0.717) is 18.4 Å². The van der Waals surface area contributed by atoms with Gasteiger partial charge in [-0.25, -0.2) is 0 Å². The fourth-order valence-electron chi connectivity index (χ4n) is 3.72. The Morgan fingerprint density at radius 2 is 1.39 bits per heavy atom. The van der Waals surface area contributed by atoms with Gasteiger partial charge < -0.3 is 14.6 Å². The summed E-state index contributed by atoms with van der Waals surface area (Å²) in [5.74, 6) is 1.65. The van der Waals surface area contributed by atoms with Gasteiger partial charge in [0.2, 0.25) is 0 Å². The van der Waals surface area contributed by atoms with Gasteiger partial charge in [0.25, 0.3) is 0 Å². The van der Waals surface area contributed by atoms with Crippen molar-refractivity contribution >= 4 is 11.9 Å². The molecule has 0 aromatic rings. The third kappa shape index (κ3) is 12.0. The van der Waals surface area contributed by atoms with Gasteiger partial charge in [-0.15, -0.1) is 6.58 Å². The molecule has 2 fully saturated rings. The molecular formula is C23H40O5. The monoisotopic (exact) mass is 396 g/mol. The van der Waals surface area contributed by atoms with E-state index in [1.54, 1.807) is 6.08 Å². The van der Waals surface area contributed by atoms with Gasteiger partial charge in [0, 0.05) is 0 Å². The molecule has 0 aromatic heterocycles. The van der Waals surface area contributed by atoms with Gasteiger partial charge in [0.15, 0.2) is 0 Å². The Balaban J connectivity index is 0.000000442. The van der Waals surface area contributed by atoms with Gasteiger partial charge in [-0.2, -0.15) is 0 Å². The van der Waals surface area contributed by atoms with Crippen LogP contribution in [0, 0.1) is 23.7 Å². The van der Waals surface area contributed by atoms with Crippen LogP contribution in [0.4, 0.5) is 0 Å². The van der Waals surface area contributed by atoms with Crippen molar-refractivity contribution in [3.63, 3.8) is 0 Å². The van der Waals surface area contributed by atoms with Crippen LogP contribution < -0.4 is 0 Å². The first-order chi connectivity index (χ1) is 13.4. The zero-order valence-electron chi connectivity index (χ0n) is 18.0. The highest BCUT2D eigenvalue weighted by Crippen LogP contribution is 2.29. The molecule has 0 spiro atoms. The minimum Gasteiger partial charge on any atom is -0.469 e. The number of hydrogen-bond donors (Lipinski definition) is 1. The number of carbonyl (C=O) groups is 2. The highest BCUT2D eigenvalue weighted by Gasteiger charge is 2.26. The van der Waals surface area contributed by atoms with Crippen molar-refractivity contribution in [3.8, 4) is 0 Å². The zero-order valence-corrected chi connectivity index (χ0v) is 18.0. The molecule has 2 aliphatic carbocycles. The van der Waals surface area contributed by atoms with Gasteiger partial charge in [-0.1, -0.05) is 58.3 Å². The van der Waals surface area contributed by atoms with Crippen LogP contribution in [-0.2, 0) is 19.1 Å². The Bertz CT molecular complexity index is 460. The second kappa shape index (κ2) is 16.3. The molecule has 162 valence electrons. The number of aliphatic hydroxyl groups excluding tert-OH is 1. The van der Waals surface area contributed by atoms with Crippen molar-refractivity contribution in [2.45, 2.75) is 65.2 Å². The molecule has 0 amide bonds. The van der Waals surface area contributed by atoms with E-state index in [0.717, 1.165) is 32.1 Å². The maximum Gasteiger partial charge on any atom is 0.309 e. The highest BCUT2D eigenvalue weighted by atomic mass is 16.5. The number of esters is 2. The molecule has 28 heavy (non-hydrogen) atoms. The lowest BCUT2D eigenvalue weighted by molar-refractivity contribution is -0.149. The Labute approximate surface area is 171 Å². The summed E-state index contributed by atoms with van der Waals surface area (Å²) in [5, 5.41) is 7.76. The fraction of sp³-hybridized carbons (Fsp3) is 0.739. The molecule has 0 saturated heterocycles. The summed E-state index contributed by atoms with van der Waals surface area (Å²) in [6, 6.07) is 0. The lowest BCUT2D eigenvalue weighted by atomic mass is 9.82. The minimum atomic E-state index is -0.0357. The van der Waals surface area contributed by atoms with Crippen LogP contribution in [0.25, 0.3) is 0 Å². The molecule has 5 nitrogen and oxygen atoms in total. The first-order valence-electron chi connectivity index (χ1n) is 10.5. The molecular weight excluding hydrogens is 356 g/mol. The molecule has 4 unspecified atom stereocenters. The van der Waals surface area contributed by atoms with E-state index in [4.69, 9.17) is 14.6 Å². The van der Waals surface area contributed by atoms with Gasteiger partial charge in [0.1, 0.15) is 6.61 Å². The van der Waals surface area contributed by atoms with Crippen LogP contribution in [-0.4, -0.2) is 37.4 Å². The Hall–Kier alpha value is -1.62. The third-order valence-corrected chi connectivity index (χ3v) is 5.21. The first-order valence-corrected chi connectivity index (χ1v) is 10.5. The van der Waals surface area contributed by atoms with E-state index in [-0.39, 0.29) is 30.4 Å². The number of carbonyl (C=O) groups excluding carboxylic acids is 2. The Kier molecular flexibility index (Phi) is 15.4. The lowest BCUT2D eigenvalue weighted by Crippen LogP contribution is -2.23. The van der Waals surface area contributed by atoms with Crippen molar-refractivity contribution in [3.05, 3.63) is 25.3 Å². The standard InChI is InChI=1S/C11H18O2.C9H16O2.C3H6O/c1-3-7-13-11(12)10-6-4-5-9(2)8-10;1-7-4-3-5-8(6-7)9(10)11-2;1-2-3-4/h3,9-10H,1,4-8H2,2H3;7-8H,3-6H2,1-2H3;2,4H,1,3H2. The quantitative estimate of drug-likeness (QED) is 0.539. The van der Waals surface area contributed by atoms with E-state index >= 15 is 0 Å². The van der Waals surface area contributed by atoms with Crippen LogP contribution in [0.15, 0.2) is 25.3 Å². The number of ether oxygens (including phenoxy) is 2. The van der Waals surface area contributed by atoms with E-state index in [1.165, 1.54) is 32.4 Å². The molecule has 0 radical (unpaired) electrons.